The van der Waals surface area contributed by atoms with Crippen molar-refractivity contribution in [3.63, 3.8) is 0 Å². The maximum Gasteiger partial charge on any atom is 0.228 e. The number of carbonyl (C=O) groups is 1. The monoisotopic (exact) mass is 363 g/mol. The summed E-state index contributed by atoms with van der Waals surface area (Å²) in [6.07, 6.45) is 8.25. The van der Waals surface area contributed by atoms with Gasteiger partial charge in [-0.15, -0.1) is 0 Å². The highest BCUT2D eigenvalue weighted by Gasteiger charge is 2.42. The molecule has 25 heavy (non-hydrogen) atoms. The predicted molar refractivity (Wildman–Crippen MR) is 102 cm³/mol. The lowest BCUT2D eigenvalue weighted by Gasteiger charge is -2.45. The SMILES string of the molecule is CC1(C(=O)N2CCC[C@@](CO)(Cc3cccc(Cl)c3)C2)CCCCC1. The van der Waals surface area contributed by atoms with E-state index in [9.17, 15) is 9.90 Å². The maximum atomic E-state index is 13.2. The largest absolute Gasteiger partial charge is 0.396 e. The molecule has 1 heterocycles. The number of benzene rings is 1. The molecule has 1 saturated heterocycles. The second kappa shape index (κ2) is 7.67. The molecule has 0 bridgehead atoms. The second-order valence-electron chi connectivity index (χ2n) is 8.42. The molecule has 138 valence electrons. The smallest absolute Gasteiger partial charge is 0.228 e. The van der Waals surface area contributed by atoms with Gasteiger partial charge in [0.25, 0.3) is 0 Å². The van der Waals surface area contributed by atoms with Crippen LogP contribution in [0.2, 0.25) is 5.02 Å². The van der Waals surface area contributed by atoms with E-state index in [1.54, 1.807) is 0 Å². The van der Waals surface area contributed by atoms with Crippen molar-refractivity contribution in [3.05, 3.63) is 34.9 Å². The van der Waals surface area contributed by atoms with Crippen LogP contribution in [0.25, 0.3) is 0 Å². The van der Waals surface area contributed by atoms with Gasteiger partial charge in [0.2, 0.25) is 5.91 Å². The Labute approximate surface area is 156 Å². The van der Waals surface area contributed by atoms with Crippen molar-refractivity contribution in [2.75, 3.05) is 19.7 Å². The molecule has 3 nitrogen and oxygen atoms in total. The first kappa shape index (κ1) is 18.7. The second-order valence-corrected chi connectivity index (χ2v) is 8.85. The van der Waals surface area contributed by atoms with E-state index >= 15 is 0 Å². The van der Waals surface area contributed by atoms with Crippen molar-refractivity contribution in [1.82, 2.24) is 4.90 Å². The van der Waals surface area contributed by atoms with E-state index in [2.05, 4.69) is 13.0 Å². The molecular weight excluding hydrogens is 334 g/mol. The molecule has 2 aliphatic rings. The zero-order chi connectivity index (χ0) is 17.9. The van der Waals surface area contributed by atoms with E-state index in [-0.39, 0.29) is 17.4 Å². The zero-order valence-corrected chi connectivity index (χ0v) is 16.0. The minimum atomic E-state index is -0.246. The fraction of sp³-hybridized carbons (Fsp3) is 0.667. The summed E-state index contributed by atoms with van der Waals surface area (Å²) in [5.74, 6) is 0.302. The van der Waals surface area contributed by atoms with Crippen LogP contribution >= 0.6 is 11.6 Å². The Kier molecular flexibility index (Phi) is 5.75. The van der Waals surface area contributed by atoms with Gasteiger partial charge in [-0.25, -0.2) is 0 Å². The van der Waals surface area contributed by atoms with Gasteiger partial charge in [-0.1, -0.05) is 49.9 Å². The molecule has 0 aromatic heterocycles. The number of likely N-dealkylation sites (tertiary alicyclic amines) is 1. The van der Waals surface area contributed by atoms with Crippen molar-refractivity contribution >= 4 is 17.5 Å². The van der Waals surface area contributed by atoms with E-state index in [1.807, 2.05) is 23.1 Å². The number of nitrogens with zero attached hydrogens (tertiary/aromatic N) is 1. The van der Waals surface area contributed by atoms with Gasteiger partial charge in [-0.2, -0.15) is 0 Å². The summed E-state index contributed by atoms with van der Waals surface area (Å²) in [6, 6.07) is 7.86. The number of piperidine rings is 1. The fourth-order valence-electron chi connectivity index (χ4n) is 4.72. The van der Waals surface area contributed by atoms with E-state index in [0.717, 1.165) is 62.1 Å². The molecule has 1 atom stereocenters. The minimum absolute atomic E-state index is 0.111. The van der Waals surface area contributed by atoms with Crippen LogP contribution in [0.4, 0.5) is 0 Å². The van der Waals surface area contributed by atoms with Gasteiger partial charge in [-0.3, -0.25) is 4.79 Å². The lowest BCUT2D eigenvalue weighted by atomic mass is 9.72. The van der Waals surface area contributed by atoms with E-state index in [4.69, 9.17) is 11.6 Å². The Hall–Kier alpha value is -1.06. The summed E-state index contributed by atoms with van der Waals surface area (Å²) < 4.78 is 0. The van der Waals surface area contributed by atoms with Gasteiger partial charge in [0, 0.05) is 28.9 Å². The van der Waals surface area contributed by atoms with E-state index in [0.29, 0.717) is 12.5 Å². The third-order valence-corrected chi connectivity index (χ3v) is 6.46. The normalized spacial score (nSPS) is 26.4. The van der Waals surface area contributed by atoms with Crippen LogP contribution in [-0.4, -0.2) is 35.6 Å². The number of aliphatic hydroxyl groups is 1. The van der Waals surface area contributed by atoms with Gasteiger partial charge >= 0.3 is 0 Å². The Morgan fingerprint density at radius 3 is 2.64 bits per heavy atom. The van der Waals surface area contributed by atoms with Crippen LogP contribution in [0, 0.1) is 10.8 Å². The standard InChI is InChI=1S/C21H30ClNO2/c1-20(9-3-2-4-10-20)19(25)23-12-6-11-21(15-23,16-24)14-17-7-5-8-18(22)13-17/h5,7-8,13,24H,2-4,6,9-12,14-16H2,1H3/t21-/m1/s1. The number of hydrogen-bond donors (Lipinski definition) is 1. The Bertz CT molecular complexity index is 612. The maximum absolute atomic E-state index is 13.2. The first-order chi connectivity index (χ1) is 12.0. The van der Waals surface area contributed by atoms with Crippen LogP contribution in [0.5, 0.6) is 0 Å². The summed E-state index contributed by atoms with van der Waals surface area (Å²) in [7, 11) is 0. The van der Waals surface area contributed by atoms with Gasteiger partial charge in [-0.05, 0) is 49.8 Å². The quantitative estimate of drug-likeness (QED) is 0.858. The Balaban J connectivity index is 1.74. The van der Waals surface area contributed by atoms with Gasteiger partial charge < -0.3 is 10.0 Å². The minimum Gasteiger partial charge on any atom is -0.396 e. The van der Waals surface area contributed by atoms with Crippen molar-refractivity contribution in [2.24, 2.45) is 10.8 Å². The number of amides is 1. The number of hydrogen-bond acceptors (Lipinski definition) is 2. The third-order valence-electron chi connectivity index (χ3n) is 6.23. The van der Waals surface area contributed by atoms with Crippen molar-refractivity contribution in [1.29, 1.82) is 0 Å². The number of rotatable bonds is 4. The lowest BCUT2D eigenvalue weighted by molar-refractivity contribution is -0.147. The van der Waals surface area contributed by atoms with Crippen LogP contribution < -0.4 is 0 Å². The highest BCUT2D eigenvalue weighted by molar-refractivity contribution is 6.30. The molecular formula is C21H30ClNO2. The molecule has 2 fully saturated rings. The van der Waals surface area contributed by atoms with Crippen LogP contribution in [0.3, 0.4) is 0 Å². The van der Waals surface area contributed by atoms with Crippen LogP contribution in [0.1, 0.15) is 57.4 Å². The molecule has 0 unspecified atom stereocenters. The first-order valence-corrected chi connectivity index (χ1v) is 9.99. The Morgan fingerprint density at radius 1 is 1.20 bits per heavy atom. The van der Waals surface area contributed by atoms with Crippen molar-refractivity contribution < 1.29 is 9.90 Å². The molecule has 1 aliphatic heterocycles. The average Bonchev–Trinajstić information content (AvgIpc) is 2.62. The van der Waals surface area contributed by atoms with Crippen molar-refractivity contribution in [2.45, 2.75) is 58.3 Å². The van der Waals surface area contributed by atoms with Gasteiger partial charge in [0.05, 0.1) is 6.61 Å². The van der Waals surface area contributed by atoms with Crippen molar-refractivity contribution in [3.8, 4) is 0 Å². The number of aliphatic hydroxyl groups excluding tert-OH is 1. The van der Waals surface area contributed by atoms with E-state index < -0.39 is 0 Å². The van der Waals surface area contributed by atoms with Gasteiger partial charge in [0.1, 0.15) is 0 Å². The molecule has 1 saturated carbocycles. The number of carbonyl (C=O) groups excluding carboxylic acids is 1. The van der Waals surface area contributed by atoms with Gasteiger partial charge in [0.15, 0.2) is 0 Å². The molecule has 0 radical (unpaired) electrons. The first-order valence-electron chi connectivity index (χ1n) is 9.61. The van der Waals surface area contributed by atoms with Crippen LogP contribution in [0.15, 0.2) is 24.3 Å². The van der Waals surface area contributed by atoms with Crippen LogP contribution in [-0.2, 0) is 11.2 Å². The van der Waals surface area contributed by atoms with E-state index in [1.165, 1.54) is 6.42 Å². The molecule has 1 amide bonds. The predicted octanol–water partition coefficient (Wildman–Crippen LogP) is 4.45. The molecule has 3 rings (SSSR count). The summed E-state index contributed by atoms with van der Waals surface area (Å²) in [4.78, 5) is 15.2. The summed E-state index contributed by atoms with van der Waals surface area (Å²) in [5.41, 5.74) is 0.691. The summed E-state index contributed by atoms with van der Waals surface area (Å²) in [6.45, 7) is 3.73. The topological polar surface area (TPSA) is 40.5 Å². The summed E-state index contributed by atoms with van der Waals surface area (Å²) in [5, 5.41) is 10.9. The Morgan fingerprint density at radius 2 is 1.96 bits per heavy atom. The molecule has 1 aliphatic carbocycles. The molecule has 4 heteroatoms. The fourth-order valence-corrected chi connectivity index (χ4v) is 4.93. The third kappa shape index (κ3) is 4.20. The lowest BCUT2D eigenvalue weighted by Crippen LogP contribution is -2.53. The summed E-state index contributed by atoms with van der Waals surface area (Å²) >= 11 is 6.12. The molecule has 1 aromatic rings. The zero-order valence-electron chi connectivity index (χ0n) is 15.3. The molecule has 1 aromatic carbocycles. The highest BCUT2D eigenvalue weighted by Crippen LogP contribution is 2.40. The molecule has 1 N–H and O–H groups in total. The average molecular weight is 364 g/mol. The number of halogens is 1. The highest BCUT2D eigenvalue weighted by atomic mass is 35.5. The molecule has 0 spiro atoms.